The summed E-state index contributed by atoms with van der Waals surface area (Å²) in [7, 11) is 1.86. The molecular formula is C17H18N4OS. The molecule has 1 aromatic carbocycles. The van der Waals surface area contributed by atoms with E-state index in [0.717, 1.165) is 28.8 Å². The van der Waals surface area contributed by atoms with E-state index in [-0.39, 0.29) is 5.91 Å². The van der Waals surface area contributed by atoms with Crippen LogP contribution in [0.5, 0.6) is 0 Å². The van der Waals surface area contributed by atoms with Crippen LogP contribution in [0.1, 0.15) is 32.5 Å². The lowest BCUT2D eigenvalue weighted by atomic mass is 10.2. The fourth-order valence-electron chi connectivity index (χ4n) is 3.10. The molecule has 0 radical (unpaired) electrons. The summed E-state index contributed by atoms with van der Waals surface area (Å²) >= 11 is 1.79. The molecule has 0 unspecified atom stereocenters. The van der Waals surface area contributed by atoms with Gasteiger partial charge in [-0.3, -0.25) is 9.48 Å². The topological polar surface area (TPSA) is 59.8 Å². The molecule has 1 aliphatic carbocycles. The van der Waals surface area contributed by atoms with Gasteiger partial charge >= 0.3 is 0 Å². The first-order valence-electron chi connectivity index (χ1n) is 7.90. The highest BCUT2D eigenvalue weighted by atomic mass is 32.1. The number of amides is 1. The van der Waals surface area contributed by atoms with E-state index in [1.807, 2.05) is 31.3 Å². The number of nitrogens with one attached hydrogen (secondary N) is 1. The minimum Gasteiger partial charge on any atom is -0.350 e. The van der Waals surface area contributed by atoms with Crippen LogP contribution in [0, 0.1) is 0 Å². The maximum atomic E-state index is 12.4. The van der Waals surface area contributed by atoms with Crippen LogP contribution in [-0.4, -0.2) is 27.2 Å². The lowest BCUT2D eigenvalue weighted by Crippen LogP contribution is -2.26. The number of hydrogen-bond donors (Lipinski definition) is 1. The van der Waals surface area contributed by atoms with Crippen LogP contribution in [0.25, 0.3) is 10.9 Å². The Balaban J connectivity index is 1.43. The molecule has 0 saturated carbocycles. The van der Waals surface area contributed by atoms with Crippen LogP contribution < -0.4 is 5.32 Å². The van der Waals surface area contributed by atoms with Crippen LogP contribution in [-0.2, 0) is 26.3 Å². The van der Waals surface area contributed by atoms with E-state index in [0.29, 0.717) is 12.2 Å². The Hall–Kier alpha value is -2.21. The van der Waals surface area contributed by atoms with Crippen molar-refractivity contribution in [1.82, 2.24) is 20.1 Å². The number of aryl methyl sites for hydroxylation is 3. The first-order valence-corrected chi connectivity index (χ1v) is 8.71. The normalized spacial score (nSPS) is 13.4. The number of hydrogen-bond acceptors (Lipinski definition) is 4. The molecule has 3 aromatic rings. The maximum Gasteiger partial charge on any atom is 0.272 e. The molecule has 0 atom stereocenters. The van der Waals surface area contributed by atoms with E-state index in [1.54, 1.807) is 16.0 Å². The minimum atomic E-state index is -0.120. The van der Waals surface area contributed by atoms with Crippen molar-refractivity contribution in [3.63, 3.8) is 0 Å². The third-order valence-corrected chi connectivity index (χ3v) is 5.45. The second kappa shape index (κ2) is 5.77. The van der Waals surface area contributed by atoms with Crippen molar-refractivity contribution in [1.29, 1.82) is 0 Å². The van der Waals surface area contributed by atoms with Crippen LogP contribution in [0.3, 0.4) is 0 Å². The van der Waals surface area contributed by atoms with E-state index in [1.165, 1.54) is 23.4 Å². The van der Waals surface area contributed by atoms with Gasteiger partial charge in [-0.1, -0.05) is 18.2 Å². The van der Waals surface area contributed by atoms with Gasteiger partial charge in [-0.2, -0.15) is 5.10 Å². The molecule has 1 N–H and O–H groups in total. The molecule has 5 nitrogen and oxygen atoms in total. The summed E-state index contributed by atoms with van der Waals surface area (Å²) in [4.78, 5) is 18.5. The highest BCUT2D eigenvalue weighted by Gasteiger charge is 2.18. The Morgan fingerprint density at radius 1 is 1.35 bits per heavy atom. The molecule has 2 aromatic heterocycles. The van der Waals surface area contributed by atoms with Gasteiger partial charge in [0, 0.05) is 30.3 Å². The maximum absolute atomic E-state index is 12.4. The van der Waals surface area contributed by atoms with E-state index in [9.17, 15) is 4.79 Å². The molecule has 118 valence electrons. The first kappa shape index (κ1) is 14.4. The standard InChI is InChI=1S/C17H18N4OS/c1-21-13-7-3-2-5-11(13)16(20-21)17(22)18-10-9-15-19-12-6-4-8-14(12)23-15/h2-3,5,7H,4,6,8-10H2,1H3,(H,18,22). The van der Waals surface area contributed by atoms with E-state index in [4.69, 9.17) is 0 Å². The van der Waals surface area contributed by atoms with Gasteiger partial charge in [0.25, 0.3) is 5.91 Å². The largest absolute Gasteiger partial charge is 0.350 e. The lowest BCUT2D eigenvalue weighted by Gasteiger charge is -2.02. The first-order chi connectivity index (χ1) is 11.2. The summed E-state index contributed by atoms with van der Waals surface area (Å²) in [5, 5.41) is 9.33. The molecule has 1 aliphatic rings. The molecule has 6 heteroatoms. The van der Waals surface area contributed by atoms with Gasteiger partial charge in [-0.05, 0) is 25.3 Å². The van der Waals surface area contributed by atoms with Gasteiger partial charge in [-0.15, -0.1) is 11.3 Å². The Kier molecular flexibility index (Phi) is 3.61. The number of para-hydroxylation sites is 1. The molecule has 0 bridgehead atoms. The van der Waals surface area contributed by atoms with Crippen molar-refractivity contribution in [2.24, 2.45) is 7.05 Å². The van der Waals surface area contributed by atoms with Crippen molar-refractivity contribution < 1.29 is 4.79 Å². The predicted octanol–water partition coefficient (Wildman–Crippen LogP) is 2.49. The molecule has 0 aliphatic heterocycles. The highest BCUT2D eigenvalue weighted by Crippen LogP contribution is 2.27. The summed E-state index contributed by atoms with van der Waals surface area (Å²) < 4.78 is 1.75. The van der Waals surface area contributed by atoms with Gasteiger partial charge < -0.3 is 5.32 Å². The Labute approximate surface area is 138 Å². The van der Waals surface area contributed by atoms with Crippen molar-refractivity contribution in [2.45, 2.75) is 25.7 Å². The molecule has 2 heterocycles. The monoisotopic (exact) mass is 326 g/mol. The number of aromatic nitrogens is 3. The zero-order valence-electron chi connectivity index (χ0n) is 13.0. The third-order valence-electron chi connectivity index (χ3n) is 4.24. The number of benzene rings is 1. The van der Waals surface area contributed by atoms with Gasteiger partial charge in [0.15, 0.2) is 5.69 Å². The summed E-state index contributed by atoms with van der Waals surface area (Å²) in [5.41, 5.74) is 2.73. The second-order valence-electron chi connectivity index (χ2n) is 5.83. The summed E-state index contributed by atoms with van der Waals surface area (Å²) in [6.07, 6.45) is 4.30. The number of carbonyl (C=O) groups is 1. The van der Waals surface area contributed by atoms with Crippen LogP contribution in [0.4, 0.5) is 0 Å². The van der Waals surface area contributed by atoms with E-state index >= 15 is 0 Å². The highest BCUT2D eigenvalue weighted by molar-refractivity contribution is 7.11. The fourth-order valence-corrected chi connectivity index (χ4v) is 4.26. The molecule has 23 heavy (non-hydrogen) atoms. The average molecular weight is 326 g/mol. The summed E-state index contributed by atoms with van der Waals surface area (Å²) in [6, 6.07) is 7.78. The third kappa shape index (κ3) is 2.63. The zero-order chi connectivity index (χ0) is 15.8. The number of carbonyl (C=O) groups excluding carboxylic acids is 1. The number of thiazole rings is 1. The fraction of sp³-hybridized carbons (Fsp3) is 0.353. The van der Waals surface area contributed by atoms with Gasteiger partial charge in [0.1, 0.15) is 0 Å². The summed E-state index contributed by atoms with van der Waals surface area (Å²) in [5.74, 6) is -0.120. The summed E-state index contributed by atoms with van der Waals surface area (Å²) in [6.45, 7) is 0.593. The van der Waals surface area contributed by atoms with Gasteiger partial charge in [0.2, 0.25) is 0 Å². The number of fused-ring (bicyclic) bond motifs is 2. The number of rotatable bonds is 4. The van der Waals surface area contributed by atoms with Crippen LogP contribution in [0.15, 0.2) is 24.3 Å². The zero-order valence-corrected chi connectivity index (χ0v) is 13.8. The second-order valence-corrected chi connectivity index (χ2v) is 6.99. The number of nitrogens with zero attached hydrogens (tertiary/aromatic N) is 3. The van der Waals surface area contributed by atoms with Crippen LogP contribution in [0.2, 0.25) is 0 Å². The van der Waals surface area contributed by atoms with Crippen LogP contribution >= 0.6 is 11.3 Å². The van der Waals surface area contributed by atoms with Crippen molar-refractivity contribution >= 4 is 28.1 Å². The van der Waals surface area contributed by atoms with Gasteiger partial charge in [0.05, 0.1) is 16.2 Å². The van der Waals surface area contributed by atoms with E-state index in [2.05, 4.69) is 15.4 Å². The SMILES string of the molecule is Cn1nc(C(=O)NCCc2nc3c(s2)CCC3)c2ccccc21. The van der Waals surface area contributed by atoms with Gasteiger partial charge in [-0.25, -0.2) is 4.98 Å². The quantitative estimate of drug-likeness (QED) is 0.801. The predicted molar refractivity (Wildman–Crippen MR) is 90.9 cm³/mol. The van der Waals surface area contributed by atoms with Crippen molar-refractivity contribution in [3.05, 3.63) is 45.5 Å². The minimum absolute atomic E-state index is 0.120. The molecule has 0 saturated heterocycles. The Morgan fingerprint density at radius 2 is 2.22 bits per heavy atom. The van der Waals surface area contributed by atoms with Crippen molar-refractivity contribution in [3.8, 4) is 0 Å². The van der Waals surface area contributed by atoms with Crippen molar-refractivity contribution in [2.75, 3.05) is 6.54 Å². The lowest BCUT2D eigenvalue weighted by molar-refractivity contribution is 0.0950. The smallest absolute Gasteiger partial charge is 0.272 e. The Bertz CT molecular complexity index is 858. The molecule has 4 rings (SSSR count). The molecule has 0 spiro atoms. The molecular weight excluding hydrogens is 308 g/mol. The average Bonchev–Trinajstić information content (AvgIpc) is 3.21. The molecule has 1 amide bonds. The van der Waals surface area contributed by atoms with E-state index < -0.39 is 0 Å². The Morgan fingerprint density at radius 3 is 3.09 bits per heavy atom. The molecule has 0 fully saturated rings.